The second-order valence-corrected chi connectivity index (χ2v) is 9.94. The highest BCUT2D eigenvalue weighted by molar-refractivity contribution is 6.66. The minimum absolute atomic E-state index is 0.243. The first-order chi connectivity index (χ1) is 18.7. The van der Waals surface area contributed by atoms with Gasteiger partial charge in [-0.1, -0.05) is 127 Å². The lowest BCUT2D eigenvalue weighted by Gasteiger charge is -2.34. The van der Waals surface area contributed by atoms with Crippen LogP contribution in [0.5, 0.6) is 0 Å². The fraction of sp³-hybridized carbons (Fsp3) is 0.0588. The molecular weight excluding hydrogens is 486 g/mol. The summed E-state index contributed by atoms with van der Waals surface area (Å²) in [4.78, 5) is 9.13. The topological polar surface area (TPSA) is 36.8 Å². The fourth-order valence-corrected chi connectivity index (χ4v) is 6.16. The van der Waals surface area contributed by atoms with Gasteiger partial charge >= 0.3 is 0 Å². The van der Waals surface area contributed by atoms with Crippen LogP contribution in [0.15, 0.2) is 143 Å². The van der Waals surface area contributed by atoms with E-state index >= 15 is 0 Å². The minimum Gasteiger partial charge on any atom is -0.344 e. The molecule has 5 aromatic rings. The van der Waals surface area contributed by atoms with Gasteiger partial charge in [0, 0.05) is 5.56 Å². The number of fused-ring (bicyclic) bond motifs is 3. The van der Waals surface area contributed by atoms with Crippen molar-refractivity contribution in [1.82, 2.24) is 5.32 Å². The maximum absolute atomic E-state index is 6.45. The third-order valence-electron chi connectivity index (χ3n) is 7.56. The van der Waals surface area contributed by atoms with Crippen molar-refractivity contribution in [2.45, 2.75) is 11.6 Å². The summed E-state index contributed by atoms with van der Waals surface area (Å²) in [6, 6.07) is 47.1. The number of aliphatic imine (C=N–C) groups is 2. The van der Waals surface area contributed by atoms with E-state index in [0.29, 0.717) is 5.84 Å². The van der Waals surface area contributed by atoms with Crippen LogP contribution in [-0.2, 0) is 5.41 Å². The van der Waals surface area contributed by atoms with E-state index in [1.807, 2.05) is 30.3 Å². The molecule has 0 saturated heterocycles. The number of benzene rings is 5. The van der Waals surface area contributed by atoms with Crippen LogP contribution in [0.3, 0.4) is 0 Å². The van der Waals surface area contributed by atoms with E-state index < -0.39 is 5.41 Å². The molecule has 38 heavy (non-hydrogen) atoms. The van der Waals surface area contributed by atoms with Crippen LogP contribution < -0.4 is 5.32 Å². The zero-order valence-electron chi connectivity index (χ0n) is 20.6. The molecule has 1 N–H and O–H groups in total. The summed E-state index contributed by atoms with van der Waals surface area (Å²) in [6.07, 6.45) is -0.295. The number of hydrogen-bond donors (Lipinski definition) is 1. The van der Waals surface area contributed by atoms with Gasteiger partial charge in [0.2, 0.25) is 5.29 Å². The molecule has 1 heterocycles. The standard InChI is InChI=1S/C34H24ClN3/c35-33-37-31(23-12-3-1-4-13-23)36-32(38-33)24-14-11-17-26(22-24)34(25-15-5-2-6-16-25)29-20-9-7-18-27(29)28-19-8-10-21-30(28)34/h1-22,31H,(H,36,37,38). The molecule has 1 aliphatic carbocycles. The molecule has 0 spiro atoms. The van der Waals surface area contributed by atoms with E-state index in [2.05, 4.69) is 118 Å². The highest BCUT2D eigenvalue weighted by Gasteiger charge is 2.45. The van der Waals surface area contributed by atoms with Crippen molar-refractivity contribution in [2.24, 2.45) is 9.98 Å². The van der Waals surface area contributed by atoms with E-state index in [1.165, 1.54) is 33.4 Å². The summed E-state index contributed by atoms with van der Waals surface area (Å²) in [6.45, 7) is 0. The summed E-state index contributed by atoms with van der Waals surface area (Å²) >= 11 is 6.45. The predicted octanol–water partition coefficient (Wildman–Crippen LogP) is 7.69. The average molecular weight is 510 g/mol. The quantitative estimate of drug-likeness (QED) is 0.243. The molecule has 1 aliphatic heterocycles. The summed E-state index contributed by atoms with van der Waals surface area (Å²) < 4.78 is 0. The van der Waals surface area contributed by atoms with E-state index in [4.69, 9.17) is 11.6 Å². The van der Waals surface area contributed by atoms with Gasteiger partial charge in [-0.3, -0.25) is 0 Å². The van der Waals surface area contributed by atoms with Crippen molar-refractivity contribution in [2.75, 3.05) is 0 Å². The Morgan fingerprint density at radius 2 is 1.18 bits per heavy atom. The lowest BCUT2D eigenvalue weighted by Crippen LogP contribution is -2.33. The molecule has 0 aromatic heterocycles. The first-order valence-corrected chi connectivity index (χ1v) is 13.1. The van der Waals surface area contributed by atoms with Crippen molar-refractivity contribution in [3.8, 4) is 11.1 Å². The van der Waals surface area contributed by atoms with E-state index in [1.54, 1.807) is 0 Å². The molecule has 3 nitrogen and oxygen atoms in total. The molecular formula is C34H24ClN3. The Bertz CT molecular complexity index is 1660. The van der Waals surface area contributed by atoms with Gasteiger partial charge in [-0.05, 0) is 56.6 Å². The summed E-state index contributed by atoms with van der Waals surface area (Å²) in [5.41, 5.74) is 9.05. The van der Waals surface area contributed by atoms with Crippen LogP contribution in [0.25, 0.3) is 11.1 Å². The molecule has 7 rings (SSSR count). The number of halogens is 1. The number of amidine groups is 2. The Morgan fingerprint density at radius 3 is 1.87 bits per heavy atom. The molecule has 1 unspecified atom stereocenters. The summed E-state index contributed by atoms with van der Waals surface area (Å²) in [5, 5.41) is 3.75. The molecule has 0 radical (unpaired) electrons. The van der Waals surface area contributed by atoms with Gasteiger partial charge in [0.1, 0.15) is 12.0 Å². The van der Waals surface area contributed by atoms with E-state index in [-0.39, 0.29) is 11.5 Å². The van der Waals surface area contributed by atoms with Gasteiger partial charge in [-0.15, -0.1) is 0 Å². The van der Waals surface area contributed by atoms with E-state index in [9.17, 15) is 0 Å². The zero-order valence-corrected chi connectivity index (χ0v) is 21.3. The smallest absolute Gasteiger partial charge is 0.222 e. The van der Waals surface area contributed by atoms with Crippen molar-refractivity contribution < 1.29 is 0 Å². The first kappa shape index (κ1) is 22.7. The monoisotopic (exact) mass is 509 g/mol. The molecule has 2 aliphatic rings. The van der Waals surface area contributed by atoms with Gasteiger partial charge in [0.15, 0.2) is 0 Å². The van der Waals surface area contributed by atoms with Crippen LogP contribution in [0.4, 0.5) is 0 Å². The second kappa shape index (κ2) is 9.13. The lowest BCUT2D eigenvalue weighted by atomic mass is 9.67. The Kier molecular flexibility index (Phi) is 5.45. The Morgan fingerprint density at radius 1 is 0.605 bits per heavy atom. The van der Waals surface area contributed by atoms with Crippen LogP contribution >= 0.6 is 11.6 Å². The van der Waals surface area contributed by atoms with Crippen molar-refractivity contribution in [1.29, 1.82) is 0 Å². The molecule has 0 bridgehead atoms. The van der Waals surface area contributed by atoms with Crippen LogP contribution in [0, 0.1) is 0 Å². The Hall–Kier alpha value is -4.47. The van der Waals surface area contributed by atoms with Gasteiger partial charge in [-0.25, -0.2) is 9.98 Å². The third-order valence-corrected chi connectivity index (χ3v) is 7.74. The fourth-order valence-electron chi connectivity index (χ4n) is 5.97. The number of nitrogens with zero attached hydrogens (tertiary/aromatic N) is 2. The van der Waals surface area contributed by atoms with Crippen molar-refractivity contribution >= 4 is 22.7 Å². The van der Waals surface area contributed by atoms with E-state index in [0.717, 1.165) is 11.1 Å². The molecule has 182 valence electrons. The molecule has 1 atom stereocenters. The van der Waals surface area contributed by atoms with Crippen LogP contribution in [-0.4, -0.2) is 11.1 Å². The molecule has 5 aromatic carbocycles. The molecule has 0 saturated carbocycles. The average Bonchev–Trinajstić information content (AvgIpc) is 3.29. The van der Waals surface area contributed by atoms with Gasteiger partial charge in [-0.2, -0.15) is 0 Å². The largest absolute Gasteiger partial charge is 0.344 e. The van der Waals surface area contributed by atoms with Gasteiger partial charge < -0.3 is 5.32 Å². The minimum atomic E-state index is -0.462. The Balaban J connectivity index is 1.43. The highest BCUT2D eigenvalue weighted by atomic mass is 35.5. The van der Waals surface area contributed by atoms with Crippen molar-refractivity contribution in [3.63, 3.8) is 0 Å². The molecule has 4 heteroatoms. The van der Waals surface area contributed by atoms with Gasteiger partial charge in [0.05, 0.1) is 5.41 Å². The zero-order chi connectivity index (χ0) is 25.5. The Labute approximate surface area is 227 Å². The second-order valence-electron chi connectivity index (χ2n) is 9.60. The third kappa shape index (κ3) is 3.51. The van der Waals surface area contributed by atoms with Gasteiger partial charge in [0.25, 0.3) is 0 Å². The van der Waals surface area contributed by atoms with Crippen molar-refractivity contribution in [3.05, 3.63) is 167 Å². The number of nitrogens with one attached hydrogen (secondary N) is 1. The number of rotatable bonds is 4. The molecule has 0 fully saturated rings. The van der Waals surface area contributed by atoms with Crippen LogP contribution in [0.1, 0.15) is 39.5 Å². The predicted molar refractivity (Wildman–Crippen MR) is 156 cm³/mol. The highest BCUT2D eigenvalue weighted by Crippen LogP contribution is 2.55. The summed E-state index contributed by atoms with van der Waals surface area (Å²) in [5.74, 6) is 0.712. The molecule has 0 amide bonds. The lowest BCUT2D eigenvalue weighted by molar-refractivity contribution is 0.676. The first-order valence-electron chi connectivity index (χ1n) is 12.7. The number of hydrogen-bond acceptors (Lipinski definition) is 3. The maximum Gasteiger partial charge on any atom is 0.222 e. The SMILES string of the molecule is ClC1=NC(c2ccccc2)NC(c2cccc(C3(c4ccccc4)c4ccccc4-c4ccccc43)c2)=N1. The summed E-state index contributed by atoms with van der Waals surface area (Å²) in [7, 11) is 0. The normalized spacial score (nSPS) is 17.0. The maximum atomic E-state index is 6.45. The van der Waals surface area contributed by atoms with Crippen LogP contribution in [0.2, 0.25) is 0 Å².